The zero-order valence-corrected chi connectivity index (χ0v) is 12.9. The summed E-state index contributed by atoms with van der Waals surface area (Å²) in [5.41, 5.74) is 5.08. The Balaban J connectivity index is 2.00. The molecule has 0 saturated heterocycles. The van der Waals surface area contributed by atoms with E-state index < -0.39 is 11.4 Å². The number of nitriles is 1. The van der Waals surface area contributed by atoms with Crippen LogP contribution in [-0.2, 0) is 4.79 Å². The molecule has 1 unspecified atom stereocenters. The molecule has 4 N–H and O–H groups in total. The number of nitrogens with two attached hydrogens (primary N) is 1. The molecule has 0 bridgehead atoms. The number of primary amides is 1. The molecule has 116 valence electrons. The van der Waals surface area contributed by atoms with Gasteiger partial charge in [0.2, 0.25) is 5.91 Å². The first-order chi connectivity index (χ1) is 10.4. The third kappa shape index (κ3) is 3.68. The topological polar surface area (TPSA) is 108 Å². The SMILES string of the molecule is CC(C#N)(NC(=O)CNc1ccc(Cl)cc1C(N)=O)C1CC1. The first kappa shape index (κ1) is 16.1. The predicted molar refractivity (Wildman–Crippen MR) is 83.3 cm³/mol. The molecule has 0 spiro atoms. The van der Waals surface area contributed by atoms with Gasteiger partial charge in [-0.25, -0.2) is 0 Å². The minimum absolute atomic E-state index is 0.0636. The highest BCUT2D eigenvalue weighted by Crippen LogP contribution is 2.39. The van der Waals surface area contributed by atoms with E-state index >= 15 is 0 Å². The number of carbonyl (C=O) groups is 2. The number of carbonyl (C=O) groups excluding carboxylic acids is 2. The van der Waals surface area contributed by atoms with Gasteiger partial charge < -0.3 is 16.4 Å². The number of benzene rings is 1. The summed E-state index contributed by atoms with van der Waals surface area (Å²) in [6, 6.07) is 6.77. The Bertz CT molecular complexity index is 651. The van der Waals surface area contributed by atoms with Crippen LogP contribution < -0.4 is 16.4 Å². The molecule has 0 radical (unpaired) electrons. The molecule has 0 aliphatic heterocycles. The lowest BCUT2D eigenvalue weighted by molar-refractivity contribution is -0.120. The second kappa shape index (κ2) is 6.24. The van der Waals surface area contributed by atoms with Gasteiger partial charge in [0.15, 0.2) is 0 Å². The van der Waals surface area contributed by atoms with Crippen LogP contribution in [0.4, 0.5) is 5.69 Å². The second-order valence-corrected chi connectivity index (χ2v) is 5.98. The molecule has 7 heteroatoms. The van der Waals surface area contributed by atoms with Gasteiger partial charge in [-0.05, 0) is 43.9 Å². The van der Waals surface area contributed by atoms with Gasteiger partial charge in [0.05, 0.1) is 18.2 Å². The van der Waals surface area contributed by atoms with Crippen molar-refractivity contribution < 1.29 is 9.59 Å². The molecule has 1 aromatic rings. The maximum absolute atomic E-state index is 12.0. The van der Waals surface area contributed by atoms with Crippen LogP contribution >= 0.6 is 11.6 Å². The third-order valence-corrected chi connectivity index (χ3v) is 3.95. The van der Waals surface area contributed by atoms with Crippen molar-refractivity contribution in [2.24, 2.45) is 11.7 Å². The summed E-state index contributed by atoms with van der Waals surface area (Å²) in [6.45, 7) is 1.66. The fourth-order valence-corrected chi connectivity index (χ4v) is 2.44. The van der Waals surface area contributed by atoms with E-state index in [2.05, 4.69) is 16.7 Å². The quantitative estimate of drug-likeness (QED) is 0.740. The number of rotatable bonds is 6. The van der Waals surface area contributed by atoms with Crippen molar-refractivity contribution in [1.82, 2.24) is 5.32 Å². The van der Waals surface area contributed by atoms with Gasteiger partial charge in [-0.15, -0.1) is 0 Å². The van der Waals surface area contributed by atoms with E-state index in [0.29, 0.717) is 10.7 Å². The van der Waals surface area contributed by atoms with Crippen LogP contribution in [0.25, 0.3) is 0 Å². The number of nitrogens with zero attached hydrogens (tertiary/aromatic N) is 1. The highest BCUT2D eigenvalue weighted by Gasteiger charge is 2.42. The maximum Gasteiger partial charge on any atom is 0.250 e. The van der Waals surface area contributed by atoms with Crippen molar-refractivity contribution in [3.8, 4) is 6.07 Å². The molecular formula is C15H17ClN4O2. The lowest BCUT2D eigenvalue weighted by atomic mass is 9.98. The summed E-state index contributed by atoms with van der Waals surface area (Å²) in [4.78, 5) is 23.4. The standard InChI is InChI=1S/C15H17ClN4O2/c1-15(8-17,9-2-3-9)20-13(21)7-19-12-5-4-10(16)6-11(12)14(18)22/h4-6,9,19H,2-3,7H2,1H3,(H2,18,22)(H,20,21). The zero-order chi connectivity index (χ0) is 16.3. The van der Waals surface area contributed by atoms with Crippen molar-refractivity contribution in [1.29, 1.82) is 5.26 Å². The van der Waals surface area contributed by atoms with E-state index in [-0.39, 0.29) is 23.9 Å². The predicted octanol–water partition coefficient (Wildman–Crippen LogP) is 1.66. The van der Waals surface area contributed by atoms with E-state index in [4.69, 9.17) is 17.3 Å². The Labute approximate surface area is 133 Å². The number of anilines is 1. The largest absolute Gasteiger partial charge is 0.376 e. The molecule has 1 fully saturated rings. The van der Waals surface area contributed by atoms with E-state index in [1.807, 2.05) is 0 Å². The number of hydrogen-bond acceptors (Lipinski definition) is 4. The van der Waals surface area contributed by atoms with Crippen LogP contribution in [0.2, 0.25) is 5.02 Å². The van der Waals surface area contributed by atoms with Gasteiger partial charge in [-0.3, -0.25) is 9.59 Å². The number of hydrogen-bond donors (Lipinski definition) is 3. The molecule has 1 aliphatic carbocycles. The van der Waals surface area contributed by atoms with Gasteiger partial charge in [-0.1, -0.05) is 11.6 Å². The van der Waals surface area contributed by atoms with Gasteiger partial charge in [-0.2, -0.15) is 5.26 Å². The Morgan fingerprint density at radius 2 is 2.18 bits per heavy atom. The first-order valence-electron chi connectivity index (χ1n) is 6.91. The van der Waals surface area contributed by atoms with Crippen LogP contribution in [0.15, 0.2) is 18.2 Å². The van der Waals surface area contributed by atoms with Crippen molar-refractivity contribution >= 4 is 29.1 Å². The molecule has 1 aromatic carbocycles. The van der Waals surface area contributed by atoms with Gasteiger partial charge in [0, 0.05) is 10.7 Å². The second-order valence-electron chi connectivity index (χ2n) is 5.54. The molecule has 22 heavy (non-hydrogen) atoms. The fourth-order valence-electron chi connectivity index (χ4n) is 2.27. The number of halogens is 1. The molecule has 0 aromatic heterocycles. The molecule has 2 amide bonds. The Morgan fingerprint density at radius 3 is 2.73 bits per heavy atom. The minimum Gasteiger partial charge on any atom is -0.376 e. The summed E-state index contributed by atoms with van der Waals surface area (Å²) < 4.78 is 0. The molecule has 1 saturated carbocycles. The summed E-state index contributed by atoms with van der Waals surface area (Å²) in [6.07, 6.45) is 1.89. The molecule has 1 atom stereocenters. The van der Waals surface area contributed by atoms with Crippen LogP contribution in [0.3, 0.4) is 0 Å². The van der Waals surface area contributed by atoms with E-state index in [9.17, 15) is 14.9 Å². The van der Waals surface area contributed by atoms with Crippen molar-refractivity contribution in [2.75, 3.05) is 11.9 Å². The van der Waals surface area contributed by atoms with E-state index in [0.717, 1.165) is 12.8 Å². The van der Waals surface area contributed by atoms with Crippen molar-refractivity contribution in [2.45, 2.75) is 25.3 Å². The molecule has 0 heterocycles. The van der Waals surface area contributed by atoms with Gasteiger partial charge in [0.25, 0.3) is 5.91 Å². The summed E-state index contributed by atoms with van der Waals surface area (Å²) in [7, 11) is 0. The zero-order valence-electron chi connectivity index (χ0n) is 12.1. The molecule has 6 nitrogen and oxygen atoms in total. The van der Waals surface area contributed by atoms with Gasteiger partial charge >= 0.3 is 0 Å². The fraction of sp³-hybridized carbons (Fsp3) is 0.400. The normalized spacial score (nSPS) is 16.2. The smallest absolute Gasteiger partial charge is 0.250 e. The van der Waals surface area contributed by atoms with Crippen molar-refractivity contribution in [3.05, 3.63) is 28.8 Å². The lowest BCUT2D eigenvalue weighted by Gasteiger charge is -2.23. The number of nitrogens with one attached hydrogen (secondary N) is 2. The highest BCUT2D eigenvalue weighted by molar-refractivity contribution is 6.31. The Morgan fingerprint density at radius 1 is 1.50 bits per heavy atom. The van der Waals surface area contributed by atoms with Crippen LogP contribution in [0.5, 0.6) is 0 Å². The third-order valence-electron chi connectivity index (χ3n) is 3.71. The monoisotopic (exact) mass is 320 g/mol. The van der Waals surface area contributed by atoms with Crippen LogP contribution in [0, 0.1) is 17.2 Å². The number of amides is 2. The Hall–Kier alpha value is -2.26. The average Bonchev–Trinajstić information content (AvgIpc) is 3.30. The van der Waals surface area contributed by atoms with Gasteiger partial charge in [0.1, 0.15) is 5.54 Å². The molecular weight excluding hydrogens is 304 g/mol. The van der Waals surface area contributed by atoms with Crippen molar-refractivity contribution in [3.63, 3.8) is 0 Å². The minimum atomic E-state index is -0.842. The lowest BCUT2D eigenvalue weighted by Crippen LogP contribution is -2.48. The summed E-state index contributed by atoms with van der Waals surface area (Å²) in [5.74, 6) is -0.746. The van der Waals surface area contributed by atoms with E-state index in [1.54, 1.807) is 19.1 Å². The van der Waals surface area contributed by atoms with E-state index in [1.165, 1.54) is 6.07 Å². The van der Waals surface area contributed by atoms with Crippen LogP contribution in [0.1, 0.15) is 30.1 Å². The first-order valence-corrected chi connectivity index (χ1v) is 7.29. The summed E-state index contributed by atoms with van der Waals surface area (Å²) >= 11 is 5.82. The Kier molecular flexibility index (Phi) is 4.57. The maximum atomic E-state index is 12.0. The summed E-state index contributed by atoms with van der Waals surface area (Å²) in [5, 5.41) is 15.2. The highest BCUT2D eigenvalue weighted by atomic mass is 35.5. The molecule has 1 aliphatic rings. The molecule has 2 rings (SSSR count). The van der Waals surface area contributed by atoms with Crippen LogP contribution in [-0.4, -0.2) is 23.9 Å². The average molecular weight is 321 g/mol.